The summed E-state index contributed by atoms with van der Waals surface area (Å²) >= 11 is 0. The van der Waals surface area contributed by atoms with Crippen LogP contribution in [0.3, 0.4) is 0 Å². The third-order valence-corrected chi connectivity index (χ3v) is 4.78. The van der Waals surface area contributed by atoms with Gasteiger partial charge in [-0.25, -0.2) is 9.78 Å². The minimum absolute atomic E-state index is 0.161. The lowest BCUT2D eigenvalue weighted by molar-refractivity contribution is -0.131. The number of carbonyl (C=O) groups is 2. The van der Waals surface area contributed by atoms with Gasteiger partial charge in [-0.05, 0) is 45.7 Å². The molecule has 1 unspecified atom stereocenters. The Balaban J connectivity index is 1.87. The van der Waals surface area contributed by atoms with Crippen molar-refractivity contribution in [3.05, 3.63) is 30.2 Å². The van der Waals surface area contributed by atoms with Crippen molar-refractivity contribution in [1.82, 2.24) is 14.9 Å². The van der Waals surface area contributed by atoms with E-state index in [4.69, 9.17) is 14.5 Å². The maximum atomic E-state index is 12.6. The summed E-state index contributed by atoms with van der Waals surface area (Å²) in [5.74, 6) is 0.823. The molecule has 1 saturated heterocycles. The SMILES string of the molecule is CBc1ccc(-c2c[nH]c(C3CCCN3C(=O)OC(C)(C)C)n2)c(OC(C)=O)c1. The van der Waals surface area contributed by atoms with Crippen LogP contribution in [0.4, 0.5) is 4.79 Å². The molecule has 2 aromatic rings. The van der Waals surface area contributed by atoms with Crippen molar-refractivity contribution in [2.24, 2.45) is 0 Å². The van der Waals surface area contributed by atoms with Crippen LogP contribution in [0, 0.1) is 0 Å². The second kappa shape index (κ2) is 8.31. The summed E-state index contributed by atoms with van der Waals surface area (Å²) in [5, 5.41) is 0. The van der Waals surface area contributed by atoms with Crippen molar-refractivity contribution in [2.75, 3.05) is 6.54 Å². The van der Waals surface area contributed by atoms with Crippen LogP contribution in [0.2, 0.25) is 6.82 Å². The van der Waals surface area contributed by atoms with Crippen LogP contribution < -0.4 is 10.2 Å². The minimum atomic E-state index is -0.543. The molecule has 1 N–H and O–H groups in total. The van der Waals surface area contributed by atoms with Crippen molar-refractivity contribution in [3.63, 3.8) is 0 Å². The summed E-state index contributed by atoms with van der Waals surface area (Å²) in [6.07, 6.45) is 3.17. The van der Waals surface area contributed by atoms with Gasteiger partial charge in [0.15, 0.2) is 7.28 Å². The number of H-pyrrole nitrogens is 1. The van der Waals surface area contributed by atoms with Crippen molar-refractivity contribution in [1.29, 1.82) is 0 Å². The van der Waals surface area contributed by atoms with Gasteiger partial charge in [0.05, 0.1) is 11.7 Å². The number of rotatable bonds is 4. The summed E-state index contributed by atoms with van der Waals surface area (Å²) in [7, 11) is 0.841. The number of likely N-dealkylation sites (tertiary alicyclic amines) is 1. The number of nitrogens with zero attached hydrogens (tertiary/aromatic N) is 2. The third kappa shape index (κ3) is 4.99. The lowest BCUT2D eigenvalue weighted by Crippen LogP contribution is -2.36. The summed E-state index contributed by atoms with van der Waals surface area (Å²) < 4.78 is 11.0. The average molecular weight is 397 g/mol. The number of amides is 1. The molecule has 1 amide bonds. The van der Waals surface area contributed by atoms with Crippen molar-refractivity contribution < 1.29 is 19.1 Å². The van der Waals surface area contributed by atoms with Crippen molar-refractivity contribution >= 4 is 24.8 Å². The van der Waals surface area contributed by atoms with Gasteiger partial charge in [-0.1, -0.05) is 18.4 Å². The summed E-state index contributed by atoms with van der Waals surface area (Å²) in [4.78, 5) is 33.8. The molecule has 0 aliphatic carbocycles. The lowest BCUT2D eigenvalue weighted by atomic mass is 9.73. The lowest BCUT2D eigenvalue weighted by Gasteiger charge is -2.27. The number of ether oxygens (including phenoxy) is 2. The molecular weight excluding hydrogens is 369 g/mol. The first kappa shape index (κ1) is 21.0. The molecule has 3 rings (SSSR count). The smallest absolute Gasteiger partial charge is 0.410 e. The largest absolute Gasteiger partial charge is 0.444 e. The minimum Gasteiger partial charge on any atom is -0.444 e. The van der Waals surface area contributed by atoms with E-state index in [0.717, 1.165) is 31.1 Å². The van der Waals surface area contributed by atoms with Crippen LogP contribution in [-0.2, 0) is 9.53 Å². The number of hydrogen-bond acceptors (Lipinski definition) is 5. The second-order valence-electron chi connectivity index (χ2n) is 8.28. The molecule has 0 radical (unpaired) electrons. The number of nitrogens with one attached hydrogen (secondary N) is 1. The van der Waals surface area contributed by atoms with E-state index >= 15 is 0 Å². The summed E-state index contributed by atoms with van der Waals surface area (Å²) in [6, 6.07) is 5.62. The van der Waals surface area contributed by atoms with E-state index in [1.54, 1.807) is 11.1 Å². The summed E-state index contributed by atoms with van der Waals surface area (Å²) in [6.45, 7) is 9.64. The molecule has 1 atom stereocenters. The van der Waals surface area contributed by atoms with Gasteiger partial charge >= 0.3 is 12.1 Å². The molecule has 7 nitrogen and oxygen atoms in total. The molecule has 0 saturated carbocycles. The molecule has 8 heteroatoms. The fraction of sp³-hybridized carbons (Fsp3) is 0.476. The standard InChI is InChI=1S/C21H28BN3O4/c1-13(26)28-18-11-14(22-5)8-9-15(18)16-12-23-19(24-16)17-7-6-10-25(17)20(27)29-21(2,3)4/h8-9,11-12,17,22H,6-7,10H2,1-5H3,(H,23,24). The van der Waals surface area contributed by atoms with Gasteiger partial charge in [0.2, 0.25) is 0 Å². The first-order chi connectivity index (χ1) is 13.7. The van der Waals surface area contributed by atoms with Gasteiger partial charge in [-0.2, -0.15) is 0 Å². The van der Waals surface area contributed by atoms with Crippen LogP contribution in [0.15, 0.2) is 24.4 Å². The van der Waals surface area contributed by atoms with Gasteiger partial charge in [0.25, 0.3) is 0 Å². The highest BCUT2D eigenvalue weighted by atomic mass is 16.6. The number of carbonyl (C=O) groups excluding carboxylic acids is 2. The Morgan fingerprint density at radius 2 is 2.07 bits per heavy atom. The highest BCUT2D eigenvalue weighted by Crippen LogP contribution is 2.34. The van der Waals surface area contributed by atoms with Gasteiger partial charge in [-0.3, -0.25) is 9.69 Å². The normalized spacial score (nSPS) is 16.6. The van der Waals surface area contributed by atoms with Gasteiger partial charge in [0, 0.05) is 25.2 Å². The topological polar surface area (TPSA) is 84.5 Å². The Kier molecular flexibility index (Phi) is 6.00. The van der Waals surface area contributed by atoms with Crippen LogP contribution in [-0.4, -0.2) is 46.4 Å². The summed E-state index contributed by atoms with van der Waals surface area (Å²) in [5.41, 5.74) is 1.95. The predicted molar refractivity (Wildman–Crippen MR) is 113 cm³/mol. The van der Waals surface area contributed by atoms with E-state index in [1.165, 1.54) is 6.92 Å². The molecule has 2 heterocycles. The van der Waals surface area contributed by atoms with E-state index in [0.29, 0.717) is 23.8 Å². The number of imidazole rings is 1. The van der Waals surface area contributed by atoms with Crippen LogP contribution in [0.25, 0.3) is 11.3 Å². The van der Waals surface area contributed by atoms with Gasteiger partial charge in [-0.15, -0.1) is 0 Å². The number of aromatic nitrogens is 2. The second-order valence-corrected chi connectivity index (χ2v) is 8.28. The highest BCUT2D eigenvalue weighted by molar-refractivity contribution is 6.52. The quantitative estimate of drug-likeness (QED) is 0.487. The first-order valence-corrected chi connectivity index (χ1v) is 10.0. The van der Waals surface area contributed by atoms with E-state index in [2.05, 4.69) is 4.98 Å². The number of aromatic amines is 1. The highest BCUT2D eigenvalue weighted by Gasteiger charge is 2.35. The maximum Gasteiger partial charge on any atom is 0.410 e. The zero-order chi connectivity index (χ0) is 21.2. The zero-order valence-electron chi connectivity index (χ0n) is 17.7. The Morgan fingerprint density at radius 3 is 2.72 bits per heavy atom. The Bertz CT molecular complexity index is 904. The number of hydrogen-bond donors (Lipinski definition) is 1. The molecule has 1 fully saturated rings. The van der Waals surface area contributed by atoms with E-state index < -0.39 is 5.60 Å². The fourth-order valence-corrected chi connectivity index (χ4v) is 3.47. The van der Waals surface area contributed by atoms with Gasteiger partial charge in [0.1, 0.15) is 17.2 Å². The van der Waals surface area contributed by atoms with Crippen molar-refractivity contribution in [2.45, 2.75) is 59.0 Å². The molecule has 1 aliphatic heterocycles. The molecule has 0 spiro atoms. The Labute approximate surface area is 172 Å². The van der Waals surface area contributed by atoms with Crippen LogP contribution >= 0.6 is 0 Å². The molecule has 1 aromatic heterocycles. The van der Waals surface area contributed by atoms with Crippen LogP contribution in [0.1, 0.15) is 52.4 Å². The maximum absolute atomic E-state index is 12.6. The zero-order valence-corrected chi connectivity index (χ0v) is 17.7. The number of esters is 1. The first-order valence-electron chi connectivity index (χ1n) is 10.0. The Hall–Kier alpha value is -2.77. The monoisotopic (exact) mass is 397 g/mol. The molecule has 1 aliphatic rings. The van der Waals surface area contributed by atoms with E-state index in [9.17, 15) is 9.59 Å². The fourth-order valence-electron chi connectivity index (χ4n) is 3.47. The molecule has 154 valence electrons. The molecule has 29 heavy (non-hydrogen) atoms. The Morgan fingerprint density at radius 1 is 1.31 bits per heavy atom. The van der Waals surface area contributed by atoms with Crippen LogP contribution in [0.5, 0.6) is 5.75 Å². The van der Waals surface area contributed by atoms with Gasteiger partial charge < -0.3 is 14.5 Å². The predicted octanol–water partition coefficient (Wildman–Crippen LogP) is 3.18. The number of benzene rings is 1. The average Bonchev–Trinajstić information content (AvgIpc) is 3.28. The molecular formula is C21H28BN3O4. The molecule has 1 aromatic carbocycles. The van der Waals surface area contributed by atoms with Crippen molar-refractivity contribution in [3.8, 4) is 17.0 Å². The molecule has 0 bridgehead atoms. The third-order valence-electron chi connectivity index (χ3n) is 4.78. The van der Waals surface area contributed by atoms with E-state index in [1.807, 2.05) is 45.8 Å². The van der Waals surface area contributed by atoms with E-state index in [-0.39, 0.29) is 18.1 Å².